The van der Waals surface area contributed by atoms with Gasteiger partial charge in [0.05, 0.1) is 12.2 Å². The molecule has 1 aromatic rings. The molecule has 2 atom stereocenters. The lowest BCUT2D eigenvalue weighted by atomic mass is 10.2. The Hall–Kier alpha value is -0.840. The molecule has 5 heteroatoms. The molecule has 0 bridgehead atoms. The summed E-state index contributed by atoms with van der Waals surface area (Å²) < 4.78 is 5.44. The largest absolute Gasteiger partial charge is 0.478 e. The highest BCUT2D eigenvalue weighted by Crippen LogP contribution is 2.21. The Morgan fingerprint density at radius 2 is 2.12 bits per heavy atom. The maximum absolute atomic E-state index is 5.44. The second-order valence-electron chi connectivity index (χ2n) is 4.15. The molecule has 96 valence electrons. The van der Waals surface area contributed by atoms with E-state index in [1.807, 2.05) is 13.8 Å². The average Bonchev–Trinajstić information content (AvgIpc) is 2.23. The second-order valence-corrected chi connectivity index (χ2v) is 5.71. The van der Waals surface area contributed by atoms with Gasteiger partial charge in [-0.3, -0.25) is 0 Å². The van der Waals surface area contributed by atoms with Gasteiger partial charge in [-0.2, -0.15) is 0 Å². The van der Waals surface area contributed by atoms with Crippen LogP contribution in [0.3, 0.4) is 0 Å². The molecule has 0 fully saturated rings. The smallest absolute Gasteiger partial charge is 0.221 e. The third kappa shape index (κ3) is 4.50. The minimum absolute atomic E-state index is 0.354. The lowest BCUT2D eigenvalue weighted by Gasteiger charge is -2.18. The molecular formula is C12H20BrN3O. The molecule has 1 N–H and O–H groups in total. The van der Waals surface area contributed by atoms with Gasteiger partial charge < -0.3 is 10.1 Å². The monoisotopic (exact) mass is 301 g/mol. The van der Waals surface area contributed by atoms with E-state index in [2.05, 4.69) is 45.1 Å². The third-order valence-corrected chi connectivity index (χ3v) is 2.75. The molecule has 0 aliphatic heterocycles. The number of hydrogen-bond donors (Lipinski definition) is 1. The Bertz CT molecular complexity index is 358. The van der Waals surface area contributed by atoms with Gasteiger partial charge in [0.25, 0.3) is 0 Å². The minimum Gasteiger partial charge on any atom is -0.478 e. The first kappa shape index (κ1) is 14.2. The quantitative estimate of drug-likeness (QED) is 0.820. The molecule has 1 heterocycles. The number of aromatic nitrogens is 2. The summed E-state index contributed by atoms with van der Waals surface area (Å²) in [5.41, 5.74) is 0.962. The van der Waals surface area contributed by atoms with Gasteiger partial charge >= 0.3 is 0 Å². The Balaban J connectivity index is 2.73. The molecule has 0 saturated carbocycles. The standard InChI is InChI=1S/C12H20BrN3O/c1-5-17-12-10(4)11(14-7-15-12)16-9(3)6-8(2)13/h7-9H,5-6H2,1-4H3,(H,14,15,16). The van der Waals surface area contributed by atoms with Crippen LogP contribution in [0.1, 0.15) is 32.8 Å². The number of rotatable bonds is 6. The van der Waals surface area contributed by atoms with E-state index in [-0.39, 0.29) is 0 Å². The van der Waals surface area contributed by atoms with Crippen molar-refractivity contribution in [3.8, 4) is 5.88 Å². The van der Waals surface area contributed by atoms with Crippen molar-refractivity contribution in [1.82, 2.24) is 9.97 Å². The van der Waals surface area contributed by atoms with E-state index in [0.29, 0.717) is 23.4 Å². The summed E-state index contributed by atoms with van der Waals surface area (Å²) in [6.45, 7) is 8.81. The molecule has 0 spiro atoms. The van der Waals surface area contributed by atoms with E-state index in [4.69, 9.17) is 4.74 Å². The number of nitrogens with one attached hydrogen (secondary N) is 1. The molecule has 0 saturated heterocycles. The van der Waals surface area contributed by atoms with Gasteiger partial charge in [0.15, 0.2) is 0 Å². The van der Waals surface area contributed by atoms with Crippen LogP contribution in [0.4, 0.5) is 5.82 Å². The summed E-state index contributed by atoms with van der Waals surface area (Å²) in [4.78, 5) is 8.85. The van der Waals surface area contributed by atoms with Gasteiger partial charge in [0, 0.05) is 10.9 Å². The first-order valence-corrected chi connectivity index (χ1v) is 6.81. The summed E-state index contributed by atoms with van der Waals surface area (Å²) in [6, 6.07) is 0.354. The predicted molar refractivity (Wildman–Crippen MR) is 74.0 cm³/mol. The highest BCUT2D eigenvalue weighted by atomic mass is 79.9. The predicted octanol–water partition coefficient (Wildman–Crippen LogP) is 3.16. The fourth-order valence-electron chi connectivity index (χ4n) is 1.64. The van der Waals surface area contributed by atoms with Crippen LogP contribution in [0.15, 0.2) is 6.33 Å². The summed E-state index contributed by atoms with van der Waals surface area (Å²) in [7, 11) is 0. The summed E-state index contributed by atoms with van der Waals surface area (Å²) in [6.07, 6.45) is 2.57. The first-order valence-electron chi connectivity index (χ1n) is 5.89. The van der Waals surface area contributed by atoms with E-state index < -0.39 is 0 Å². The van der Waals surface area contributed by atoms with E-state index >= 15 is 0 Å². The van der Waals surface area contributed by atoms with Crippen molar-refractivity contribution in [3.63, 3.8) is 0 Å². The fraction of sp³-hybridized carbons (Fsp3) is 0.667. The molecule has 4 nitrogen and oxygen atoms in total. The van der Waals surface area contributed by atoms with Crippen LogP contribution in [-0.2, 0) is 0 Å². The Morgan fingerprint density at radius 1 is 1.41 bits per heavy atom. The fourth-order valence-corrected chi connectivity index (χ4v) is 2.20. The van der Waals surface area contributed by atoms with E-state index in [0.717, 1.165) is 17.8 Å². The van der Waals surface area contributed by atoms with Gasteiger partial charge in [-0.15, -0.1) is 0 Å². The van der Waals surface area contributed by atoms with Crippen molar-refractivity contribution in [1.29, 1.82) is 0 Å². The van der Waals surface area contributed by atoms with Crippen LogP contribution in [0.25, 0.3) is 0 Å². The van der Waals surface area contributed by atoms with Crippen LogP contribution in [0.2, 0.25) is 0 Å². The number of hydrogen-bond acceptors (Lipinski definition) is 4. The molecule has 0 aromatic carbocycles. The SMILES string of the molecule is CCOc1ncnc(NC(C)CC(C)Br)c1C. The number of nitrogens with zero attached hydrogens (tertiary/aromatic N) is 2. The van der Waals surface area contributed by atoms with E-state index in [1.54, 1.807) is 0 Å². The third-order valence-electron chi connectivity index (χ3n) is 2.38. The van der Waals surface area contributed by atoms with Gasteiger partial charge in [0.2, 0.25) is 5.88 Å². The molecule has 0 radical (unpaired) electrons. The van der Waals surface area contributed by atoms with Gasteiger partial charge in [-0.1, -0.05) is 22.9 Å². The zero-order valence-electron chi connectivity index (χ0n) is 10.8. The van der Waals surface area contributed by atoms with Crippen molar-refractivity contribution in [3.05, 3.63) is 11.9 Å². The summed E-state index contributed by atoms with van der Waals surface area (Å²) >= 11 is 3.55. The Morgan fingerprint density at radius 3 is 2.71 bits per heavy atom. The minimum atomic E-state index is 0.354. The average molecular weight is 302 g/mol. The molecule has 0 aliphatic rings. The van der Waals surface area contributed by atoms with Crippen molar-refractivity contribution in [2.24, 2.45) is 0 Å². The lowest BCUT2D eigenvalue weighted by molar-refractivity contribution is 0.324. The van der Waals surface area contributed by atoms with Crippen molar-refractivity contribution >= 4 is 21.7 Å². The highest BCUT2D eigenvalue weighted by molar-refractivity contribution is 9.09. The lowest BCUT2D eigenvalue weighted by Crippen LogP contribution is -2.20. The zero-order chi connectivity index (χ0) is 12.8. The highest BCUT2D eigenvalue weighted by Gasteiger charge is 2.11. The molecule has 17 heavy (non-hydrogen) atoms. The zero-order valence-corrected chi connectivity index (χ0v) is 12.4. The maximum atomic E-state index is 5.44. The molecule has 0 aliphatic carbocycles. The topological polar surface area (TPSA) is 47.0 Å². The Kier molecular flexibility index (Phi) is 5.68. The molecule has 1 aromatic heterocycles. The second kappa shape index (κ2) is 6.79. The summed E-state index contributed by atoms with van der Waals surface area (Å²) in [5, 5.41) is 3.38. The Labute approximate surface area is 111 Å². The van der Waals surface area contributed by atoms with E-state index in [9.17, 15) is 0 Å². The van der Waals surface area contributed by atoms with Gasteiger partial charge in [-0.05, 0) is 27.2 Å². The normalized spacial score (nSPS) is 14.2. The molecule has 0 amide bonds. The number of anilines is 1. The number of alkyl halides is 1. The maximum Gasteiger partial charge on any atom is 0.221 e. The number of ether oxygens (including phenoxy) is 1. The van der Waals surface area contributed by atoms with Crippen LogP contribution in [0.5, 0.6) is 5.88 Å². The van der Waals surface area contributed by atoms with Crippen LogP contribution >= 0.6 is 15.9 Å². The first-order chi connectivity index (χ1) is 8.04. The number of halogens is 1. The molecule has 2 unspecified atom stereocenters. The van der Waals surface area contributed by atoms with E-state index in [1.165, 1.54) is 6.33 Å². The molecular weight excluding hydrogens is 282 g/mol. The van der Waals surface area contributed by atoms with Crippen LogP contribution in [-0.4, -0.2) is 27.4 Å². The molecule has 1 rings (SSSR count). The van der Waals surface area contributed by atoms with Gasteiger partial charge in [0.1, 0.15) is 12.1 Å². The van der Waals surface area contributed by atoms with Crippen molar-refractivity contribution < 1.29 is 4.74 Å². The van der Waals surface area contributed by atoms with Crippen LogP contribution < -0.4 is 10.1 Å². The van der Waals surface area contributed by atoms with Crippen molar-refractivity contribution in [2.75, 3.05) is 11.9 Å². The summed E-state index contributed by atoms with van der Waals surface area (Å²) in [5.74, 6) is 1.51. The van der Waals surface area contributed by atoms with Crippen LogP contribution in [0, 0.1) is 6.92 Å². The van der Waals surface area contributed by atoms with Gasteiger partial charge in [-0.25, -0.2) is 9.97 Å². The van der Waals surface area contributed by atoms with Crippen molar-refractivity contribution in [2.45, 2.75) is 45.0 Å².